The van der Waals surface area contributed by atoms with Crippen LogP contribution in [0.3, 0.4) is 0 Å². The molecule has 0 rings (SSSR count). The van der Waals surface area contributed by atoms with Crippen molar-refractivity contribution in [1.82, 2.24) is 5.32 Å². The summed E-state index contributed by atoms with van der Waals surface area (Å²) in [6.07, 6.45) is 0. The van der Waals surface area contributed by atoms with Crippen LogP contribution in [0, 0.1) is 0 Å². The molecule has 0 aromatic rings. The minimum absolute atomic E-state index is 0. The monoisotopic (exact) mass is 140 g/mol. The molecular formula is C6H15KN+. The summed E-state index contributed by atoms with van der Waals surface area (Å²) in [5.41, 5.74) is 0. The first-order valence-electron chi connectivity index (χ1n) is 2.89. The van der Waals surface area contributed by atoms with Crippen LogP contribution < -0.4 is 56.7 Å². The maximum atomic E-state index is 3.31. The van der Waals surface area contributed by atoms with Crippen LogP contribution in [-0.4, -0.2) is 12.1 Å². The fourth-order valence-corrected chi connectivity index (χ4v) is 0.667. The fraction of sp³-hybridized carbons (Fsp3) is 1.00. The second-order valence-electron chi connectivity index (χ2n) is 2.48. The molecular weight excluding hydrogens is 125 g/mol. The van der Waals surface area contributed by atoms with E-state index in [0.29, 0.717) is 12.1 Å². The smallest absolute Gasteiger partial charge is 0.312 e. The molecule has 0 aliphatic carbocycles. The van der Waals surface area contributed by atoms with Gasteiger partial charge in [0.05, 0.1) is 0 Å². The van der Waals surface area contributed by atoms with Crippen LogP contribution in [0.4, 0.5) is 0 Å². The zero-order valence-electron chi connectivity index (χ0n) is 6.65. The summed E-state index contributed by atoms with van der Waals surface area (Å²) in [5.74, 6) is 0. The van der Waals surface area contributed by atoms with E-state index in [0.717, 1.165) is 0 Å². The van der Waals surface area contributed by atoms with Crippen LogP contribution in [0.2, 0.25) is 0 Å². The second kappa shape index (κ2) is 6.71. The van der Waals surface area contributed by atoms with Crippen molar-refractivity contribution in [2.75, 3.05) is 0 Å². The maximum absolute atomic E-state index is 3.31. The summed E-state index contributed by atoms with van der Waals surface area (Å²) in [6, 6.07) is 1.25. The average molecular weight is 140 g/mol. The minimum Gasteiger partial charge on any atom is -0.312 e. The molecule has 0 radical (unpaired) electrons. The zero-order chi connectivity index (χ0) is 5.86. The van der Waals surface area contributed by atoms with Gasteiger partial charge < -0.3 is 5.32 Å². The van der Waals surface area contributed by atoms with Crippen LogP contribution in [0.15, 0.2) is 0 Å². The van der Waals surface area contributed by atoms with Crippen LogP contribution in [0.5, 0.6) is 0 Å². The molecule has 0 aromatic carbocycles. The molecule has 0 aliphatic rings. The van der Waals surface area contributed by atoms with E-state index in [1.54, 1.807) is 0 Å². The Hall–Kier alpha value is 1.60. The van der Waals surface area contributed by atoms with Crippen molar-refractivity contribution in [1.29, 1.82) is 0 Å². The predicted molar refractivity (Wildman–Crippen MR) is 33.4 cm³/mol. The van der Waals surface area contributed by atoms with Crippen LogP contribution in [0.1, 0.15) is 27.7 Å². The summed E-state index contributed by atoms with van der Waals surface area (Å²) in [6.45, 7) is 8.61. The van der Waals surface area contributed by atoms with Crippen molar-refractivity contribution in [3.05, 3.63) is 0 Å². The molecule has 0 saturated carbocycles. The van der Waals surface area contributed by atoms with Gasteiger partial charge in [-0.25, -0.2) is 0 Å². The quantitative estimate of drug-likeness (QED) is 0.455. The Morgan fingerprint density at radius 2 is 1.12 bits per heavy atom. The SMILES string of the molecule is CC(C)NC(C)C.[K+]. The molecule has 8 heavy (non-hydrogen) atoms. The Labute approximate surface area is 95.0 Å². The summed E-state index contributed by atoms with van der Waals surface area (Å²) < 4.78 is 0. The Bertz CT molecular complexity index is 37.8. The molecule has 0 unspecified atom stereocenters. The zero-order valence-corrected chi connectivity index (χ0v) is 9.78. The molecule has 0 heterocycles. The Kier molecular flexibility index (Phi) is 10.3. The van der Waals surface area contributed by atoms with Crippen molar-refractivity contribution in [2.45, 2.75) is 39.8 Å². The third-order valence-corrected chi connectivity index (χ3v) is 0.667. The molecule has 0 aliphatic heterocycles. The summed E-state index contributed by atoms with van der Waals surface area (Å²) in [5, 5.41) is 3.31. The third kappa shape index (κ3) is 10.6. The van der Waals surface area contributed by atoms with Crippen LogP contribution in [0.25, 0.3) is 0 Å². The Morgan fingerprint density at radius 3 is 1.12 bits per heavy atom. The molecule has 0 amide bonds. The van der Waals surface area contributed by atoms with Gasteiger partial charge in [0.2, 0.25) is 0 Å². The Balaban J connectivity index is 0. The van der Waals surface area contributed by atoms with E-state index in [2.05, 4.69) is 33.0 Å². The largest absolute Gasteiger partial charge is 1.00 e. The van der Waals surface area contributed by atoms with Crippen LogP contribution >= 0.6 is 0 Å². The van der Waals surface area contributed by atoms with Gasteiger partial charge >= 0.3 is 51.4 Å². The van der Waals surface area contributed by atoms with E-state index >= 15 is 0 Å². The van der Waals surface area contributed by atoms with E-state index < -0.39 is 0 Å². The van der Waals surface area contributed by atoms with Gasteiger partial charge in [-0.1, -0.05) is 27.7 Å². The van der Waals surface area contributed by atoms with Gasteiger partial charge in [0.1, 0.15) is 0 Å². The summed E-state index contributed by atoms with van der Waals surface area (Å²) >= 11 is 0. The molecule has 0 atom stereocenters. The van der Waals surface area contributed by atoms with E-state index in [-0.39, 0.29) is 51.4 Å². The predicted octanol–water partition coefficient (Wildman–Crippen LogP) is -1.60. The molecule has 1 nitrogen and oxygen atoms in total. The molecule has 1 N–H and O–H groups in total. The first-order chi connectivity index (χ1) is 3.13. The van der Waals surface area contributed by atoms with Gasteiger partial charge in [-0.2, -0.15) is 0 Å². The third-order valence-electron chi connectivity index (χ3n) is 0.667. The topological polar surface area (TPSA) is 12.0 Å². The summed E-state index contributed by atoms with van der Waals surface area (Å²) in [7, 11) is 0. The Morgan fingerprint density at radius 1 is 0.875 bits per heavy atom. The molecule has 0 aromatic heterocycles. The normalized spacial score (nSPS) is 9.75. The first-order valence-corrected chi connectivity index (χ1v) is 2.89. The van der Waals surface area contributed by atoms with Gasteiger partial charge in [-0.05, 0) is 0 Å². The van der Waals surface area contributed by atoms with Crippen LogP contribution in [-0.2, 0) is 0 Å². The van der Waals surface area contributed by atoms with E-state index in [1.165, 1.54) is 0 Å². The number of nitrogens with one attached hydrogen (secondary N) is 1. The van der Waals surface area contributed by atoms with Gasteiger partial charge in [-0.15, -0.1) is 0 Å². The number of hydrogen-bond acceptors (Lipinski definition) is 1. The van der Waals surface area contributed by atoms with Crippen molar-refractivity contribution < 1.29 is 51.4 Å². The molecule has 0 spiro atoms. The van der Waals surface area contributed by atoms with Gasteiger partial charge in [-0.3, -0.25) is 0 Å². The summed E-state index contributed by atoms with van der Waals surface area (Å²) in [4.78, 5) is 0. The second-order valence-corrected chi connectivity index (χ2v) is 2.48. The minimum atomic E-state index is 0. The van der Waals surface area contributed by atoms with Crippen molar-refractivity contribution in [2.24, 2.45) is 0 Å². The molecule has 0 fully saturated rings. The van der Waals surface area contributed by atoms with E-state index in [9.17, 15) is 0 Å². The van der Waals surface area contributed by atoms with Gasteiger partial charge in [0, 0.05) is 12.1 Å². The van der Waals surface area contributed by atoms with Crippen molar-refractivity contribution in [3.8, 4) is 0 Å². The average Bonchev–Trinajstić information content (AvgIpc) is 1.27. The molecule has 0 saturated heterocycles. The van der Waals surface area contributed by atoms with Crippen molar-refractivity contribution in [3.63, 3.8) is 0 Å². The van der Waals surface area contributed by atoms with Gasteiger partial charge in [0.15, 0.2) is 0 Å². The van der Waals surface area contributed by atoms with Crippen molar-refractivity contribution >= 4 is 0 Å². The fourth-order valence-electron chi connectivity index (χ4n) is 0.667. The molecule has 0 bridgehead atoms. The maximum Gasteiger partial charge on any atom is 1.00 e. The van der Waals surface area contributed by atoms with E-state index in [4.69, 9.17) is 0 Å². The number of hydrogen-bond donors (Lipinski definition) is 1. The molecule has 44 valence electrons. The van der Waals surface area contributed by atoms with Gasteiger partial charge in [0.25, 0.3) is 0 Å². The molecule has 2 heteroatoms. The standard InChI is InChI=1S/C6H15N.K/c1-5(2)7-6(3)4;/h5-7H,1-4H3;/q;+1. The number of rotatable bonds is 2. The first kappa shape index (κ1) is 12.3. The van der Waals surface area contributed by atoms with E-state index in [1.807, 2.05) is 0 Å².